The van der Waals surface area contributed by atoms with Crippen molar-refractivity contribution in [3.05, 3.63) is 56.1 Å². The molecule has 0 radical (unpaired) electrons. The predicted octanol–water partition coefficient (Wildman–Crippen LogP) is 3.84. The van der Waals surface area contributed by atoms with Crippen molar-refractivity contribution >= 4 is 50.1 Å². The van der Waals surface area contributed by atoms with Crippen molar-refractivity contribution in [1.82, 2.24) is 4.98 Å². The number of halogens is 3. The third-order valence-electron chi connectivity index (χ3n) is 2.19. The van der Waals surface area contributed by atoms with E-state index in [-0.39, 0.29) is 11.6 Å². The van der Waals surface area contributed by atoms with Crippen molar-refractivity contribution < 1.29 is 9.18 Å². The van der Waals surface area contributed by atoms with E-state index >= 15 is 0 Å². The van der Waals surface area contributed by atoms with Crippen LogP contribution < -0.4 is 5.32 Å². The van der Waals surface area contributed by atoms with Gasteiger partial charge in [-0.3, -0.25) is 9.78 Å². The molecule has 1 N–H and O–H groups in total. The fraction of sp³-hybridized carbons (Fsp3) is 0. The summed E-state index contributed by atoms with van der Waals surface area (Å²) in [5.41, 5.74) is 0.568. The van der Waals surface area contributed by atoms with E-state index in [9.17, 15) is 9.18 Å². The van der Waals surface area contributed by atoms with Crippen LogP contribution in [0.5, 0.6) is 0 Å². The second-order valence-corrected chi connectivity index (χ2v) is 5.53. The predicted molar refractivity (Wildman–Crippen MR) is 79.0 cm³/mol. The Kier molecular flexibility index (Phi) is 4.28. The molecular formula is C12H7BrFIN2O. The van der Waals surface area contributed by atoms with Crippen molar-refractivity contribution in [2.45, 2.75) is 0 Å². The summed E-state index contributed by atoms with van der Waals surface area (Å²) in [5.74, 6) is -0.932. The number of amides is 1. The summed E-state index contributed by atoms with van der Waals surface area (Å²) in [4.78, 5) is 15.6. The standard InChI is InChI=1S/C12H7BrFIN2O/c13-9-2-1-7(15)5-8(9)12(18)17-11-3-4-16-6-10(11)14/h1-6H,(H,16,17,18). The smallest absolute Gasteiger partial charge is 0.256 e. The van der Waals surface area contributed by atoms with E-state index in [0.717, 1.165) is 9.77 Å². The van der Waals surface area contributed by atoms with E-state index in [1.165, 1.54) is 12.3 Å². The number of aromatic nitrogens is 1. The van der Waals surface area contributed by atoms with E-state index in [0.29, 0.717) is 10.0 Å². The van der Waals surface area contributed by atoms with Crippen LogP contribution in [0.25, 0.3) is 0 Å². The maximum absolute atomic E-state index is 13.4. The fourth-order valence-electron chi connectivity index (χ4n) is 1.34. The molecule has 0 saturated carbocycles. The number of pyridine rings is 1. The minimum atomic E-state index is -0.562. The van der Waals surface area contributed by atoms with Crippen molar-refractivity contribution in [2.75, 3.05) is 5.32 Å². The zero-order chi connectivity index (χ0) is 13.1. The quantitative estimate of drug-likeness (QED) is 0.750. The Morgan fingerprint density at radius 3 is 2.89 bits per heavy atom. The molecule has 0 aliphatic heterocycles. The topological polar surface area (TPSA) is 42.0 Å². The van der Waals surface area contributed by atoms with Crippen molar-refractivity contribution in [2.24, 2.45) is 0 Å². The summed E-state index contributed by atoms with van der Waals surface area (Å²) in [7, 11) is 0. The van der Waals surface area contributed by atoms with E-state index in [1.54, 1.807) is 12.1 Å². The Hall–Kier alpha value is -1.02. The lowest BCUT2D eigenvalue weighted by Crippen LogP contribution is -2.14. The molecule has 1 aromatic heterocycles. The molecular weight excluding hydrogens is 414 g/mol. The Labute approximate surface area is 125 Å². The van der Waals surface area contributed by atoms with Gasteiger partial charge in [0.2, 0.25) is 0 Å². The van der Waals surface area contributed by atoms with Crippen LogP contribution in [-0.2, 0) is 0 Å². The van der Waals surface area contributed by atoms with Crippen LogP contribution in [0.1, 0.15) is 10.4 Å². The van der Waals surface area contributed by atoms with Crippen molar-refractivity contribution in [3.8, 4) is 0 Å². The van der Waals surface area contributed by atoms with E-state index in [1.807, 2.05) is 6.07 Å². The SMILES string of the molecule is O=C(Nc1ccncc1F)c1cc(I)ccc1Br. The zero-order valence-electron chi connectivity index (χ0n) is 8.95. The van der Waals surface area contributed by atoms with Gasteiger partial charge in [-0.15, -0.1) is 0 Å². The molecule has 0 atom stereocenters. The summed E-state index contributed by atoms with van der Waals surface area (Å²) in [6, 6.07) is 6.78. The molecule has 0 aliphatic rings. The number of hydrogen-bond acceptors (Lipinski definition) is 2. The maximum Gasteiger partial charge on any atom is 0.256 e. The lowest BCUT2D eigenvalue weighted by Gasteiger charge is -2.07. The molecule has 0 fully saturated rings. The molecule has 18 heavy (non-hydrogen) atoms. The summed E-state index contributed by atoms with van der Waals surface area (Å²) in [5, 5.41) is 2.51. The van der Waals surface area contributed by atoms with Gasteiger partial charge in [0.25, 0.3) is 5.91 Å². The minimum absolute atomic E-state index is 0.112. The van der Waals surface area contributed by atoms with Crippen molar-refractivity contribution in [1.29, 1.82) is 0 Å². The van der Waals surface area contributed by atoms with Crippen LogP contribution in [0.3, 0.4) is 0 Å². The first-order valence-electron chi connectivity index (χ1n) is 4.94. The van der Waals surface area contributed by atoms with Crippen LogP contribution in [0, 0.1) is 9.39 Å². The van der Waals surface area contributed by atoms with Gasteiger partial charge in [-0.25, -0.2) is 4.39 Å². The molecule has 3 nitrogen and oxygen atoms in total. The molecule has 0 spiro atoms. The highest BCUT2D eigenvalue weighted by atomic mass is 127. The number of anilines is 1. The maximum atomic E-state index is 13.4. The summed E-state index contributed by atoms with van der Waals surface area (Å²) < 4.78 is 14.9. The zero-order valence-corrected chi connectivity index (χ0v) is 12.7. The highest BCUT2D eigenvalue weighted by molar-refractivity contribution is 14.1. The molecule has 0 aliphatic carbocycles. The third kappa shape index (κ3) is 3.05. The molecule has 1 aromatic carbocycles. The minimum Gasteiger partial charge on any atom is -0.319 e. The average molecular weight is 421 g/mol. The first-order valence-corrected chi connectivity index (χ1v) is 6.81. The highest BCUT2D eigenvalue weighted by Crippen LogP contribution is 2.21. The van der Waals surface area contributed by atoms with Crippen LogP contribution in [-0.4, -0.2) is 10.9 Å². The number of hydrogen-bond donors (Lipinski definition) is 1. The first kappa shape index (κ1) is 13.4. The van der Waals surface area contributed by atoms with Crippen LogP contribution >= 0.6 is 38.5 Å². The van der Waals surface area contributed by atoms with Gasteiger partial charge in [0.15, 0.2) is 5.82 Å². The molecule has 1 amide bonds. The summed E-state index contributed by atoms with van der Waals surface area (Å²) >= 11 is 5.40. The first-order chi connectivity index (χ1) is 8.58. The van der Waals surface area contributed by atoms with Crippen LogP contribution in [0.4, 0.5) is 10.1 Å². The lowest BCUT2D eigenvalue weighted by atomic mass is 10.2. The van der Waals surface area contributed by atoms with Crippen molar-refractivity contribution in [3.63, 3.8) is 0 Å². The van der Waals surface area contributed by atoms with Gasteiger partial charge in [0.1, 0.15) is 0 Å². The molecule has 0 unspecified atom stereocenters. The Morgan fingerprint density at radius 1 is 1.39 bits per heavy atom. The molecule has 92 valence electrons. The van der Waals surface area contributed by atoms with Crippen LogP contribution in [0.2, 0.25) is 0 Å². The van der Waals surface area contributed by atoms with E-state index in [4.69, 9.17) is 0 Å². The number of carbonyl (C=O) groups is 1. The van der Waals surface area contributed by atoms with Gasteiger partial charge in [0.05, 0.1) is 17.4 Å². The van der Waals surface area contributed by atoms with Gasteiger partial charge in [0, 0.05) is 14.2 Å². The molecule has 0 saturated heterocycles. The number of benzene rings is 1. The lowest BCUT2D eigenvalue weighted by molar-refractivity contribution is 0.102. The molecule has 6 heteroatoms. The number of nitrogens with one attached hydrogen (secondary N) is 1. The highest BCUT2D eigenvalue weighted by Gasteiger charge is 2.12. The van der Waals surface area contributed by atoms with Gasteiger partial charge < -0.3 is 5.32 Å². The average Bonchev–Trinajstić information content (AvgIpc) is 2.35. The van der Waals surface area contributed by atoms with E-state index in [2.05, 4.69) is 48.8 Å². The monoisotopic (exact) mass is 420 g/mol. The number of carbonyl (C=O) groups excluding carboxylic acids is 1. The molecule has 2 aromatic rings. The van der Waals surface area contributed by atoms with Crippen LogP contribution in [0.15, 0.2) is 41.1 Å². The fourth-order valence-corrected chi connectivity index (χ4v) is 2.26. The summed E-state index contributed by atoms with van der Waals surface area (Å²) in [6.07, 6.45) is 2.47. The molecule has 1 heterocycles. The Balaban J connectivity index is 2.28. The second-order valence-electron chi connectivity index (χ2n) is 3.43. The van der Waals surface area contributed by atoms with Gasteiger partial charge in [-0.2, -0.15) is 0 Å². The summed E-state index contributed by atoms with van der Waals surface area (Å²) in [6.45, 7) is 0. The Bertz CT molecular complexity index is 606. The van der Waals surface area contributed by atoms with E-state index < -0.39 is 5.82 Å². The normalized spacial score (nSPS) is 10.2. The molecule has 2 rings (SSSR count). The number of nitrogens with zero attached hydrogens (tertiary/aromatic N) is 1. The second kappa shape index (κ2) is 5.75. The van der Waals surface area contributed by atoms with Gasteiger partial charge in [-0.1, -0.05) is 0 Å². The van der Waals surface area contributed by atoms with Gasteiger partial charge >= 0.3 is 0 Å². The Morgan fingerprint density at radius 2 is 2.17 bits per heavy atom. The number of rotatable bonds is 2. The largest absolute Gasteiger partial charge is 0.319 e. The van der Waals surface area contributed by atoms with Gasteiger partial charge in [-0.05, 0) is 62.8 Å². The third-order valence-corrected chi connectivity index (χ3v) is 3.56. The molecule has 0 bridgehead atoms.